The molecular formula is C22H35NO10. The van der Waals surface area contributed by atoms with Crippen LogP contribution in [0.3, 0.4) is 0 Å². The van der Waals surface area contributed by atoms with E-state index in [0.29, 0.717) is 0 Å². The van der Waals surface area contributed by atoms with Crippen LogP contribution in [0.1, 0.15) is 68.2 Å². The second kappa shape index (κ2) is 11.4. The van der Waals surface area contributed by atoms with Crippen molar-refractivity contribution < 1.29 is 47.7 Å². The molecule has 11 heteroatoms. The van der Waals surface area contributed by atoms with E-state index in [2.05, 4.69) is 5.32 Å². The molecule has 1 N–H and O–H groups in total. The molecule has 1 rings (SSSR count). The number of amides is 1. The Labute approximate surface area is 193 Å². The lowest BCUT2D eigenvalue weighted by Crippen LogP contribution is -2.70. The van der Waals surface area contributed by atoms with Gasteiger partial charge in [-0.25, -0.2) is 0 Å². The summed E-state index contributed by atoms with van der Waals surface area (Å²) in [6, 6.07) is -0.987. The van der Waals surface area contributed by atoms with Gasteiger partial charge in [-0.2, -0.15) is 0 Å². The van der Waals surface area contributed by atoms with Gasteiger partial charge in [-0.3, -0.25) is 24.0 Å². The first-order valence-corrected chi connectivity index (χ1v) is 10.7. The van der Waals surface area contributed by atoms with Gasteiger partial charge < -0.3 is 29.0 Å². The largest absolute Gasteiger partial charge is 0.463 e. The van der Waals surface area contributed by atoms with Crippen molar-refractivity contribution in [3.63, 3.8) is 0 Å². The van der Waals surface area contributed by atoms with Gasteiger partial charge in [-0.1, -0.05) is 0 Å². The first-order valence-electron chi connectivity index (χ1n) is 10.7. The third-order valence-electron chi connectivity index (χ3n) is 4.76. The summed E-state index contributed by atoms with van der Waals surface area (Å²) in [4.78, 5) is 59.5. The van der Waals surface area contributed by atoms with E-state index in [9.17, 15) is 24.0 Å². The molecule has 5 atom stereocenters. The molecule has 0 spiro atoms. The minimum absolute atomic E-state index is 0.0635. The Morgan fingerprint density at radius 3 is 1.91 bits per heavy atom. The van der Waals surface area contributed by atoms with Crippen LogP contribution in [0.25, 0.3) is 0 Å². The monoisotopic (exact) mass is 473 g/mol. The fourth-order valence-electron chi connectivity index (χ4n) is 3.64. The zero-order valence-electron chi connectivity index (χ0n) is 20.5. The van der Waals surface area contributed by atoms with Gasteiger partial charge >= 0.3 is 23.9 Å². The number of rotatable bonds is 8. The molecule has 0 aromatic rings. The number of carbonyl (C=O) groups is 5. The zero-order chi connectivity index (χ0) is 25.6. The fourth-order valence-corrected chi connectivity index (χ4v) is 3.64. The van der Waals surface area contributed by atoms with Crippen LogP contribution in [0, 0.1) is 0 Å². The molecule has 1 heterocycles. The summed E-state index contributed by atoms with van der Waals surface area (Å²) in [5.41, 5.74) is -1.97. The number of nitrogens with one attached hydrogen (secondary N) is 1. The number of carbonyl (C=O) groups excluding carboxylic acids is 5. The summed E-state index contributed by atoms with van der Waals surface area (Å²) in [5.74, 6) is -2.91. The molecule has 33 heavy (non-hydrogen) atoms. The van der Waals surface area contributed by atoms with Crippen LogP contribution in [-0.2, 0) is 47.7 Å². The Kier molecular flexibility index (Phi) is 9.83. The fraction of sp³-hybridized carbons (Fsp3) is 0.773. The Morgan fingerprint density at radius 2 is 1.45 bits per heavy atom. The maximum Gasteiger partial charge on any atom is 0.306 e. The molecule has 0 aromatic carbocycles. The van der Waals surface area contributed by atoms with E-state index in [0.717, 1.165) is 6.92 Å². The average molecular weight is 474 g/mol. The molecular weight excluding hydrogens is 438 g/mol. The molecule has 0 unspecified atom stereocenters. The van der Waals surface area contributed by atoms with E-state index in [1.807, 2.05) is 0 Å². The highest BCUT2D eigenvalue weighted by molar-refractivity contribution is 5.74. The van der Waals surface area contributed by atoms with Gasteiger partial charge in [-0.05, 0) is 34.1 Å². The second-order valence-corrected chi connectivity index (χ2v) is 9.18. The van der Waals surface area contributed by atoms with Gasteiger partial charge in [0, 0.05) is 34.1 Å². The molecule has 0 radical (unpaired) electrons. The molecule has 1 aliphatic rings. The molecule has 1 amide bonds. The first kappa shape index (κ1) is 28.3. The van der Waals surface area contributed by atoms with Crippen LogP contribution in [0.15, 0.2) is 0 Å². The van der Waals surface area contributed by atoms with Crippen molar-refractivity contribution in [2.24, 2.45) is 0 Å². The van der Waals surface area contributed by atoms with E-state index >= 15 is 0 Å². The maximum atomic E-state index is 12.3. The van der Waals surface area contributed by atoms with Crippen LogP contribution >= 0.6 is 0 Å². The van der Waals surface area contributed by atoms with E-state index < -0.39 is 65.3 Å². The van der Waals surface area contributed by atoms with Crippen molar-refractivity contribution in [1.29, 1.82) is 0 Å². The number of hydrogen-bond acceptors (Lipinski definition) is 10. The summed E-state index contributed by atoms with van der Waals surface area (Å²) < 4.78 is 27.4. The van der Waals surface area contributed by atoms with Crippen molar-refractivity contribution in [3.8, 4) is 0 Å². The highest BCUT2D eigenvalue weighted by Gasteiger charge is 2.56. The molecule has 0 saturated carbocycles. The SMILES string of the molecule is CC(=O)N[C@@H]1[C@@H](OC(C)=O)[C@@H](OC(C)=O)[C@@H](COC(C)=O)O[C@]1(C)CCC(=O)OC(C)(C)C. The predicted molar refractivity (Wildman–Crippen MR) is 114 cm³/mol. The normalized spacial score (nSPS) is 27.2. The van der Waals surface area contributed by atoms with Crippen LogP contribution in [0.2, 0.25) is 0 Å². The molecule has 188 valence electrons. The Hall–Kier alpha value is -2.69. The smallest absolute Gasteiger partial charge is 0.306 e. The second-order valence-electron chi connectivity index (χ2n) is 9.18. The molecule has 11 nitrogen and oxygen atoms in total. The minimum Gasteiger partial charge on any atom is -0.463 e. The Morgan fingerprint density at radius 1 is 0.909 bits per heavy atom. The van der Waals surface area contributed by atoms with Crippen molar-refractivity contribution >= 4 is 29.8 Å². The van der Waals surface area contributed by atoms with Gasteiger partial charge in [0.15, 0.2) is 12.2 Å². The average Bonchev–Trinajstić information content (AvgIpc) is 2.61. The van der Waals surface area contributed by atoms with E-state index in [-0.39, 0.29) is 19.4 Å². The lowest BCUT2D eigenvalue weighted by molar-refractivity contribution is -0.251. The molecule has 0 aromatic heterocycles. The minimum atomic E-state index is -1.27. The number of esters is 4. The van der Waals surface area contributed by atoms with E-state index in [1.165, 1.54) is 20.8 Å². The summed E-state index contributed by atoms with van der Waals surface area (Å²) in [7, 11) is 0. The topological polar surface area (TPSA) is 144 Å². The zero-order valence-corrected chi connectivity index (χ0v) is 20.5. The van der Waals surface area contributed by atoms with Gasteiger partial charge in [0.25, 0.3) is 0 Å². The highest BCUT2D eigenvalue weighted by Crippen LogP contribution is 2.37. The predicted octanol–water partition coefficient (Wildman–Crippen LogP) is 1.20. The van der Waals surface area contributed by atoms with Gasteiger partial charge in [0.05, 0.1) is 11.6 Å². The van der Waals surface area contributed by atoms with Crippen molar-refractivity contribution in [2.45, 2.75) is 104 Å². The molecule has 1 saturated heterocycles. The molecule has 0 aliphatic carbocycles. The first-order chi connectivity index (χ1) is 15.0. The molecule has 0 bridgehead atoms. The molecule has 1 fully saturated rings. The van der Waals surface area contributed by atoms with Crippen LogP contribution < -0.4 is 5.32 Å². The van der Waals surface area contributed by atoms with Gasteiger partial charge in [0.1, 0.15) is 18.3 Å². The Balaban J connectivity index is 3.37. The summed E-state index contributed by atoms with van der Waals surface area (Å²) in [5, 5.41) is 2.70. The summed E-state index contributed by atoms with van der Waals surface area (Å²) in [6.45, 7) is 11.3. The van der Waals surface area contributed by atoms with Crippen LogP contribution in [0.4, 0.5) is 0 Å². The third kappa shape index (κ3) is 9.37. The lowest BCUT2D eigenvalue weighted by atomic mass is 9.80. The van der Waals surface area contributed by atoms with Crippen LogP contribution in [-0.4, -0.2) is 71.9 Å². The quantitative estimate of drug-likeness (QED) is 0.403. The standard InChI is InChI=1S/C22H35NO10/c1-12(24)23-20-19(31-15(4)27)18(30-14(3)26)16(11-29-13(2)25)32-22(20,8)10-9-17(28)33-21(5,6)7/h16,18-20H,9-11H2,1-8H3,(H,23,24)/t16-,18+,19+,20-,22-/m1/s1. The van der Waals surface area contributed by atoms with Gasteiger partial charge in [-0.15, -0.1) is 0 Å². The van der Waals surface area contributed by atoms with E-state index in [4.69, 9.17) is 23.7 Å². The Bertz CT molecular complexity index is 759. The van der Waals surface area contributed by atoms with Gasteiger partial charge in [0.2, 0.25) is 5.91 Å². The summed E-state index contributed by atoms with van der Waals surface area (Å²) in [6.07, 6.45) is -3.40. The highest BCUT2D eigenvalue weighted by atomic mass is 16.6. The van der Waals surface area contributed by atoms with Crippen molar-refractivity contribution in [1.82, 2.24) is 5.32 Å². The lowest BCUT2D eigenvalue weighted by Gasteiger charge is -2.51. The number of ether oxygens (including phenoxy) is 5. The number of hydrogen-bond donors (Lipinski definition) is 1. The van der Waals surface area contributed by atoms with Crippen LogP contribution in [0.5, 0.6) is 0 Å². The van der Waals surface area contributed by atoms with Crippen molar-refractivity contribution in [3.05, 3.63) is 0 Å². The van der Waals surface area contributed by atoms with Crippen molar-refractivity contribution in [2.75, 3.05) is 6.61 Å². The van der Waals surface area contributed by atoms with E-state index in [1.54, 1.807) is 27.7 Å². The molecule has 1 aliphatic heterocycles. The maximum absolute atomic E-state index is 12.3. The third-order valence-corrected chi connectivity index (χ3v) is 4.76. The summed E-state index contributed by atoms with van der Waals surface area (Å²) >= 11 is 0.